The highest BCUT2D eigenvalue weighted by Crippen LogP contribution is 2.42. The summed E-state index contributed by atoms with van der Waals surface area (Å²) in [5.41, 5.74) is 7.23. The smallest absolute Gasteiger partial charge is 0.271 e. The number of hydrogen-bond acceptors (Lipinski definition) is 7. The van der Waals surface area contributed by atoms with Gasteiger partial charge in [0.1, 0.15) is 6.61 Å². The first kappa shape index (κ1) is 28.7. The lowest BCUT2D eigenvalue weighted by Gasteiger charge is -2.31. The number of aryl methyl sites for hydroxylation is 1. The molecule has 0 saturated carbocycles. The van der Waals surface area contributed by atoms with Gasteiger partial charge in [0, 0.05) is 5.56 Å². The summed E-state index contributed by atoms with van der Waals surface area (Å²) in [6.45, 7) is 0.430. The Labute approximate surface area is 264 Å². The van der Waals surface area contributed by atoms with E-state index < -0.39 is 0 Å². The van der Waals surface area contributed by atoms with Gasteiger partial charge in [-0.3, -0.25) is 9.36 Å². The molecule has 1 aromatic heterocycles. The molecule has 1 aliphatic carbocycles. The minimum absolute atomic E-state index is 0.0904. The minimum Gasteiger partial charge on any atom is -0.493 e. The summed E-state index contributed by atoms with van der Waals surface area (Å²) >= 11 is 1.39. The molecular weight excluding hydrogens is 584 g/mol. The van der Waals surface area contributed by atoms with Crippen LogP contribution in [0.4, 0.5) is 0 Å². The molecule has 0 saturated heterocycles. The Morgan fingerprint density at radius 1 is 0.822 bits per heavy atom. The predicted molar refractivity (Wildman–Crippen MR) is 176 cm³/mol. The molecule has 226 valence electrons. The van der Waals surface area contributed by atoms with Crippen molar-refractivity contribution in [3.63, 3.8) is 0 Å². The molecule has 7 rings (SSSR count). The summed E-state index contributed by atoms with van der Waals surface area (Å²) in [4.78, 5) is 20.0. The Kier molecular flexibility index (Phi) is 7.73. The fraction of sp³-hybridized carbons (Fsp3) is 0.189. The molecule has 8 heteroatoms. The third-order valence-electron chi connectivity index (χ3n) is 8.32. The topological polar surface area (TPSA) is 71.3 Å². The van der Waals surface area contributed by atoms with Gasteiger partial charge in [-0.25, -0.2) is 4.99 Å². The lowest BCUT2D eigenvalue weighted by molar-refractivity contribution is 0.284. The third kappa shape index (κ3) is 5.31. The van der Waals surface area contributed by atoms with Gasteiger partial charge in [-0.2, -0.15) is 0 Å². The summed E-state index contributed by atoms with van der Waals surface area (Å²) < 4.78 is 25.3. The Balaban J connectivity index is 1.33. The van der Waals surface area contributed by atoms with Crippen molar-refractivity contribution in [3.8, 4) is 23.0 Å². The number of methoxy groups -OCH3 is 3. The SMILES string of the molecule is COc1ccc([C@H]2C3=C(N=c4s/c(=C\c5ccc(OCc6ccccc6)c(OC)c5)c(=O)n42)c2ccccc2CC3)cc1OC. The van der Waals surface area contributed by atoms with Gasteiger partial charge in [0.15, 0.2) is 27.8 Å². The van der Waals surface area contributed by atoms with Crippen molar-refractivity contribution >= 4 is 23.1 Å². The molecule has 5 aromatic rings. The lowest BCUT2D eigenvalue weighted by atomic mass is 9.83. The summed E-state index contributed by atoms with van der Waals surface area (Å²) in [6.07, 6.45) is 3.59. The molecule has 0 bridgehead atoms. The van der Waals surface area contributed by atoms with Gasteiger partial charge < -0.3 is 18.9 Å². The highest BCUT2D eigenvalue weighted by molar-refractivity contribution is 7.07. The largest absolute Gasteiger partial charge is 0.493 e. The van der Waals surface area contributed by atoms with E-state index in [1.165, 1.54) is 16.9 Å². The average molecular weight is 617 g/mol. The molecule has 0 fully saturated rings. The van der Waals surface area contributed by atoms with Crippen LogP contribution in [-0.2, 0) is 13.0 Å². The van der Waals surface area contributed by atoms with Gasteiger partial charge in [0.05, 0.1) is 37.6 Å². The van der Waals surface area contributed by atoms with Crippen LogP contribution in [0.2, 0.25) is 0 Å². The van der Waals surface area contributed by atoms with Crippen LogP contribution < -0.4 is 33.8 Å². The first-order valence-electron chi connectivity index (χ1n) is 14.8. The van der Waals surface area contributed by atoms with Crippen LogP contribution in [0.1, 0.15) is 40.3 Å². The van der Waals surface area contributed by atoms with Gasteiger partial charge in [0.2, 0.25) is 0 Å². The van der Waals surface area contributed by atoms with E-state index in [2.05, 4.69) is 18.2 Å². The molecule has 7 nitrogen and oxygen atoms in total. The first-order chi connectivity index (χ1) is 22.1. The van der Waals surface area contributed by atoms with E-state index in [4.69, 9.17) is 23.9 Å². The standard InChI is InChI=1S/C37H32N2O5S/c1-41-29-18-15-26(21-32(29)43-3)35-28-16-14-25-11-7-8-12-27(25)34(28)38-37-39(35)36(40)33(45-37)20-24-13-17-30(31(19-24)42-2)44-22-23-9-5-4-6-10-23/h4-13,15,17-21,35H,14,16,22H2,1-3H3/b33-20-/t35-/m0/s1. The van der Waals surface area contributed by atoms with Crippen LogP contribution >= 0.6 is 11.3 Å². The summed E-state index contributed by atoms with van der Waals surface area (Å²) in [7, 11) is 4.87. The van der Waals surface area contributed by atoms with Gasteiger partial charge in [-0.05, 0) is 71.0 Å². The summed E-state index contributed by atoms with van der Waals surface area (Å²) in [5, 5.41) is 0. The van der Waals surface area contributed by atoms with E-state index in [9.17, 15) is 4.79 Å². The Morgan fingerprint density at radius 3 is 2.36 bits per heavy atom. The number of rotatable bonds is 8. The predicted octanol–water partition coefficient (Wildman–Crippen LogP) is 5.92. The number of ether oxygens (including phenoxy) is 4. The second kappa shape index (κ2) is 12.1. The fourth-order valence-corrected chi connectivity index (χ4v) is 7.13. The number of fused-ring (bicyclic) bond motifs is 3. The molecule has 0 radical (unpaired) electrons. The minimum atomic E-state index is -0.324. The third-order valence-corrected chi connectivity index (χ3v) is 9.30. The maximum absolute atomic E-state index is 14.2. The van der Waals surface area contributed by atoms with Crippen LogP contribution in [0.5, 0.6) is 23.0 Å². The normalized spacial score (nSPS) is 15.4. The maximum Gasteiger partial charge on any atom is 0.271 e. The molecule has 45 heavy (non-hydrogen) atoms. The van der Waals surface area contributed by atoms with Crippen molar-refractivity contribution in [2.24, 2.45) is 4.99 Å². The highest BCUT2D eigenvalue weighted by Gasteiger charge is 2.33. The Morgan fingerprint density at radius 2 is 1.56 bits per heavy atom. The monoisotopic (exact) mass is 616 g/mol. The molecule has 2 aliphatic rings. The maximum atomic E-state index is 14.2. The molecule has 0 amide bonds. The van der Waals surface area contributed by atoms with E-state index in [-0.39, 0.29) is 11.6 Å². The first-order valence-corrected chi connectivity index (χ1v) is 15.6. The van der Waals surface area contributed by atoms with Crippen molar-refractivity contribution in [1.29, 1.82) is 0 Å². The number of allylic oxidation sites excluding steroid dienone is 1. The van der Waals surface area contributed by atoms with Gasteiger partial charge in [0.25, 0.3) is 5.56 Å². The van der Waals surface area contributed by atoms with Crippen molar-refractivity contribution in [3.05, 3.63) is 144 Å². The fourth-order valence-electron chi connectivity index (χ4n) is 6.13. The molecule has 1 atom stereocenters. The second-order valence-corrected chi connectivity index (χ2v) is 11.9. The van der Waals surface area contributed by atoms with Crippen molar-refractivity contribution in [1.82, 2.24) is 4.57 Å². The van der Waals surface area contributed by atoms with Gasteiger partial charge in [-0.1, -0.05) is 78.1 Å². The second-order valence-electron chi connectivity index (χ2n) is 10.9. The zero-order valence-electron chi connectivity index (χ0n) is 25.3. The van der Waals surface area contributed by atoms with Crippen LogP contribution in [0.25, 0.3) is 11.8 Å². The van der Waals surface area contributed by atoms with Crippen molar-refractivity contribution in [2.45, 2.75) is 25.5 Å². The van der Waals surface area contributed by atoms with E-state index in [0.29, 0.717) is 38.9 Å². The molecule has 4 aromatic carbocycles. The van der Waals surface area contributed by atoms with E-state index in [1.54, 1.807) is 21.3 Å². The van der Waals surface area contributed by atoms with E-state index in [1.807, 2.05) is 83.4 Å². The van der Waals surface area contributed by atoms with Crippen LogP contribution in [0.3, 0.4) is 0 Å². The zero-order chi connectivity index (χ0) is 30.9. The van der Waals surface area contributed by atoms with Crippen LogP contribution in [0.15, 0.2) is 106 Å². The molecule has 0 spiro atoms. The Bertz CT molecular complexity index is 2110. The van der Waals surface area contributed by atoms with Gasteiger partial charge in [-0.15, -0.1) is 0 Å². The summed E-state index contributed by atoms with van der Waals surface area (Å²) in [5.74, 6) is 2.50. The zero-order valence-corrected chi connectivity index (χ0v) is 26.1. The molecule has 2 heterocycles. The van der Waals surface area contributed by atoms with E-state index >= 15 is 0 Å². The van der Waals surface area contributed by atoms with E-state index in [0.717, 1.165) is 46.4 Å². The number of thiazole rings is 1. The molecule has 0 N–H and O–H groups in total. The number of nitrogens with zero attached hydrogens (tertiary/aromatic N) is 2. The molecular formula is C37H32N2O5S. The lowest BCUT2D eigenvalue weighted by Crippen LogP contribution is -2.38. The van der Waals surface area contributed by atoms with Crippen LogP contribution in [-0.4, -0.2) is 25.9 Å². The number of hydrogen-bond donors (Lipinski definition) is 0. The number of aromatic nitrogens is 1. The van der Waals surface area contributed by atoms with Crippen LogP contribution in [0, 0.1) is 0 Å². The van der Waals surface area contributed by atoms with Crippen molar-refractivity contribution in [2.75, 3.05) is 21.3 Å². The highest BCUT2D eigenvalue weighted by atomic mass is 32.1. The molecule has 1 aliphatic heterocycles. The average Bonchev–Trinajstić information content (AvgIpc) is 3.40. The Hall–Kier alpha value is -5.08. The van der Waals surface area contributed by atoms with Gasteiger partial charge >= 0.3 is 0 Å². The summed E-state index contributed by atoms with van der Waals surface area (Å²) in [6, 6.07) is 29.7. The number of benzene rings is 4. The van der Waals surface area contributed by atoms with Crippen molar-refractivity contribution < 1.29 is 18.9 Å². The quantitative estimate of drug-likeness (QED) is 0.216. The molecule has 0 unspecified atom stereocenters.